The molecule has 158 valence electrons. The van der Waals surface area contributed by atoms with E-state index >= 15 is 0 Å². The van der Waals surface area contributed by atoms with Crippen molar-refractivity contribution in [2.45, 2.75) is 51.0 Å². The first-order valence-corrected chi connectivity index (χ1v) is 9.92. The quantitative estimate of drug-likeness (QED) is 0.507. The summed E-state index contributed by atoms with van der Waals surface area (Å²) in [5, 5.41) is 37.9. The number of halogens is 1. The van der Waals surface area contributed by atoms with Gasteiger partial charge in [0.25, 0.3) is 0 Å². The van der Waals surface area contributed by atoms with Gasteiger partial charge in [-0.1, -0.05) is 23.7 Å². The van der Waals surface area contributed by atoms with Gasteiger partial charge < -0.3 is 29.9 Å². The monoisotopic (exact) mass is 442 g/mol. The highest BCUT2D eigenvalue weighted by molar-refractivity contribution is 7.71. The fourth-order valence-corrected chi connectivity index (χ4v) is 3.98. The van der Waals surface area contributed by atoms with Crippen LogP contribution in [-0.4, -0.2) is 66.5 Å². The Labute approximate surface area is 177 Å². The first kappa shape index (κ1) is 21.9. The number of aromatic nitrogens is 3. The highest BCUT2D eigenvalue weighted by atomic mass is 35.5. The fraction of sp³-hybridized carbons (Fsp3) is 0.500. The molecule has 11 heteroatoms. The summed E-state index contributed by atoms with van der Waals surface area (Å²) in [5.74, 6) is 0.0690. The number of benzene rings is 1. The predicted molar refractivity (Wildman–Crippen MR) is 108 cm³/mol. The molecule has 1 aromatic carbocycles. The van der Waals surface area contributed by atoms with E-state index in [2.05, 4.69) is 10.4 Å². The standard InChI is InChI=1S/C18H23ClN4O5S/c1-3-22-16(10-6-4-5-7-11(10)19)21-23(18(22)29)17-13(20-9(2)25)15(27)14(26)12(8-24)28-17/h4-7,12-15,17,24,26-27H,3,8H2,1-2H3,(H,20,25)/t12-,13-,14-,15-,17-/m1/s1. The highest BCUT2D eigenvalue weighted by Crippen LogP contribution is 2.32. The number of nitrogens with one attached hydrogen (secondary N) is 1. The van der Waals surface area contributed by atoms with Gasteiger partial charge in [0.2, 0.25) is 10.7 Å². The van der Waals surface area contributed by atoms with Crippen LogP contribution in [0.1, 0.15) is 20.1 Å². The Bertz CT molecular complexity index is 949. The highest BCUT2D eigenvalue weighted by Gasteiger charge is 2.46. The van der Waals surface area contributed by atoms with Crippen LogP contribution in [0.2, 0.25) is 5.02 Å². The smallest absolute Gasteiger partial charge is 0.217 e. The molecule has 4 N–H and O–H groups in total. The molecule has 5 atom stereocenters. The molecule has 2 aromatic rings. The third-order valence-electron chi connectivity index (χ3n) is 4.83. The van der Waals surface area contributed by atoms with Gasteiger partial charge in [0, 0.05) is 19.0 Å². The molecule has 1 aliphatic heterocycles. The lowest BCUT2D eigenvalue weighted by Crippen LogP contribution is -2.62. The van der Waals surface area contributed by atoms with E-state index in [1.807, 2.05) is 13.0 Å². The molecule has 0 radical (unpaired) electrons. The molecular formula is C18H23ClN4O5S. The van der Waals surface area contributed by atoms with E-state index in [0.29, 0.717) is 23.0 Å². The van der Waals surface area contributed by atoms with Crippen molar-refractivity contribution in [1.82, 2.24) is 19.7 Å². The molecule has 0 bridgehead atoms. The zero-order chi connectivity index (χ0) is 21.3. The van der Waals surface area contributed by atoms with Gasteiger partial charge in [0.05, 0.1) is 11.6 Å². The van der Waals surface area contributed by atoms with Gasteiger partial charge in [-0.05, 0) is 31.3 Å². The maximum absolute atomic E-state index is 11.7. The molecule has 0 saturated carbocycles. The van der Waals surface area contributed by atoms with Crippen LogP contribution in [0.4, 0.5) is 0 Å². The lowest BCUT2D eigenvalue weighted by atomic mass is 9.96. The third-order valence-corrected chi connectivity index (χ3v) is 5.56. The Morgan fingerprint density at radius 2 is 2.03 bits per heavy atom. The molecule has 0 spiro atoms. The first-order valence-electron chi connectivity index (χ1n) is 9.13. The van der Waals surface area contributed by atoms with Crippen LogP contribution in [0.25, 0.3) is 11.4 Å². The summed E-state index contributed by atoms with van der Waals surface area (Å²) in [5.41, 5.74) is 0.659. The molecule has 3 rings (SSSR count). The minimum Gasteiger partial charge on any atom is -0.394 e. The number of aliphatic hydroxyl groups is 3. The molecule has 1 fully saturated rings. The minimum absolute atomic E-state index is 0.281. The Morgan fingerprint density at radius 1 is 1.34 bits per heavy atom. The molecule has 29 heavy (non-hydrogen) atoms. The number of nitrogens with zero attached hydrogens (tertiary/aromatic N) is 3. The zero-order valence-corrected chi connectivity index (χ0v) is 17.5. The van der Waals surface area contributed by atoms with Gasteiger partial charge in [0.1, 0.15) is 24.4 Å². The summed E-state index contributed by atoms with van der Waals surface area (Å²) in [6.45, 7) is 3.14. The van der Waals surface area contributed by atoms with Gasteiger partial charge in [-0.3, -0.25) is 4.79 Å². The Kier molecular flexibility index (Phi) is 6.72. The van der Waals surface area contributed by atoms with E-state index in [0.717, 1.165) is 0 Å². The topological polar surface area (TPSA) is 122 Å². The van der Waals surface area contributed by atoms with Crippen molar-refractivity contribution in [2.75, 3.05) is 6.61 Å². The average molecular weight is 443 g/mol. The van der Waals surface area contributed by atoms with Crippen LogP contribution in [0.15, 0.2) is 24.3 Å². The van der Waals surface area contributed by atoms with E-state index in [9.17, 15) is 20.1 Å². The average Bonchev–Trinajstić information content (AvgIpc) is 3.02. The molecule has 1 amide bonds. The van der Waals surface area contributed by atoms with E-state index in [1.54, 1.807) is 22.8 Å². The van der Waals surface area contributed by atoms with Crippen LogP contribution in [-0.2, 0) is 16.1 Å². The SMILES string of the molecule is CCn1c(-c2ccccc2Cl)nn([C@@H]2O[C@H](CO)[C@@H](O)[C@H](O)[C@H]2NC(C)=O)c1=S. The van der Waals surface area contributed by atoms with E-state index in [-0.39, 0.29) is 4.77 Å². The number of rotatable bonds is 5. The lowest BCUT2D eigenvalue weighted by Gasteiger charge is -2.42. The van der Waals surface area contributed by atoms with Gasteiger partial charge in [-0.25, -0.2) is 4.68 Å². The number of carbonyl (C=O) groups is 1. The summed E-state index contributed by atoms with van der Waals surface area (Å²) in [6.07, 6.45) is -4.90. The van der Waals surface area contributed by atoms with Crippen molar-refractivity contribution in [3.63, 3.8) is 0 Å². The minimum atomic E-state index is -1.40. The largest absolute Gasteiger partial charge is 0.394 e. The molecule has 0 aliphatic carbocycles. The maximum atomic E-state index is 11.7. The van der Waals surface area contributed by atoms with Crippen LogP contribution >= 0.6 is 23.8 Å². The van der Waals surface area contributed by atoms with Gasteiger partial charge in [-0.15, -0.1) is 5.10 Å². The van der Waals surface area contributed by atoms with E-state index in [4.69, 9.17) is 28.6 Å². The van der Waals surface area contributed by atoms with E-state index < -0.39 is 43.1 Å². The number of ether oxygens (including phenoxy) is 1. The molecule has 1 aromatic heterocycles. The zero-order valence-electron chi connectivity index (χ0n) is 15.9. The summed E-state index contributed by atoms with van der Waals surface area (Å²) >= 11 is 11.9. The van der Waals surface area contributed by atoms with Gasteiger partial charge >= 0.3 is 0 Å². The van der Waals surface area contributed by atoms with Crippen molar-refractivity contribution in [3.8, 4) is 11.4 Å². The fourth-order valence-electron chi connectivity index (χ4n) is 3.40. The van der Waals surface area contributed by atoms with Crippen LogP contribution in [0.3, 0.4) is 0 Å². The third kappa shape index (κ3) is 4.09. The summed E-state index contributed by atoms with van der Waals surface area (Å²) < 4.78 is 9.17. The normalized spacial score (nSPS) is 27.0. The number of hydrogen-bond acceptors (Lipinski definition) is 7. The second-order valence-corrected chi connectivity index (χ2v) is 7.50. The molecule has 9 nitrogen and oxygen atoms in total. The summed E-state index contributed by atoms with van der Waals surface area (Å²) in [7, 11) is 0. The van der Waals surface area contributed by atoms with Crippen molar-refractivity contribution < 1.29 is 24.9 Å². The Balaban J connectivity index is 2.13. The van der Waals surface area contributed by atoms with Crippen LogP contribution < -0.4 is 5.32 Å². The summed E-state index contributed by atoms with van der Waals surface area (Å²) in [6, 6.07) is 6.13. The Morgan fingerprint density at radius 3 is 2.62 bits per heavy atom. The van der Waals surface area contributed by atoms with Crippen molar-refractivity contribution >= 4 is 29.7 Å². The Hall–Kier alpha value is -1.82. The second-order valence-electron chi connectivity index (χ2n) is 6.73. The molecule has 1 aliphatic rings. The van der Waals surface area contributed by atoms with Gasteiger partial charge in [0.15, 0.2) is 12.1 Å². The van der Waals surface area contributed by atoms with E-state index in [1.165, 1.54) is 11.6 Å². The summed E-state index contributed by atoms with van der Waals surface area (Å²) in [4.78, 5) is 11.7. The number of hydrogen-bond donors (Lipinski definition) is 4. The van der Waals surface area contributed by atoms with Crippen molar-refractivity contribution in [1.29, 1.82) is 0 Å². The number of amides is 1. The number of aliphatic hydroxyl groups excluding tert-OH is 3. The predicted octanol–water partition coefficient (Wildman–Crippen LogP) is 0.871. The first-order chi connectivity index (χ1) is 13.8. The van der Waals surface area contributed by atoms with Crippen LogP contribution in [0.5, 0.6) is 0 Å². The van der Waals surface area contributed by atoms with Crippen LogP contribution in [0, 0.1) is 4.77 Å². The van der Waals surface area contributed by atoms with Crippen molar-refractivity contribution in [3.05, 3.63) is 34.1 Å². The van der Waals surface area contributed by atoms with Gasteiger partial charge in [-0.2, -0.15) is 0 Å². The molecule has 2 heterocycles. The second kappa shape index (κ2) is 8.90. The molecule has 1 saturated heterocycles. The lowest BCUT2D eigenvalue weighted by molar-refractivity contribution is -0.219. The molecular weight excluding hydrogens is 420 g/mol. The molecule has 0 unspecified atom stereocenters. The maximum Gasteiger partial charge on any atom is 0.217 e. The number of carbonyl (C=O) groups excluding carboxylic acids is 1. The van der Waals surface area contributed by atoms with Crippen molar-refractivity contribution in [2.24, 2.45) is 0 Å².